The molecule has 0 bridgehead atoms. The zero-order chi connectivity index (χ0) is 23.3. The molecule has 0 aromatic heterocycles. The van der Waals surface area contributed by atoms with E-state index in [1.165, 1.54) is 4.90 Å². The van der Waals surface area contributed by atoms with Crippen LogP contribution in [0.2, 0.25) is 5.02 Å². The summed E-state index contributed by atoms with van der Waals surface area (Å²) in [7, 11) is 0. The van der Waals surface area contributed by atoms with Crippen LogP contribution in [0.3, 0.4) is 0 Å². The number of ketones is 1. The second-order valence-corrected chi connectivity index (χ2v) is 7.84. The molecule has 1 heterocycles. The van der Waals surface area contributed by atoms with Crippen LogP contribution in [0.15, 0.2) is 48.0 Å². The van der Waals surface area contributed by atoms with Gasteiger partial charge in [-0.2, -0.15) is 0 Å². The van der Waals surface area contributed by atoms with E-state index in [0.29, 0.717) is 47.4 Å². The van der Waals surface area contributed by atoms with Crippen molar-refractivity contribution in [2.24, 2.45) is 0 Å². The number of aliphatic hydroxyl groups is 1. The Balaban J connectivity index is 2.16. The lowest BCUT2D eigenvalue weighted by molar-refractivity contribution is -0.139. The van der Waals surface area contributed by atoms with Gasteiger partial charge in [0, 0.05) is 12.1 Å². The number of aliphatic hydroxyl groups excluding tert-OH is 1. The van der Waals surface area contributed by atoms with E-state index < -0.39 is 17.7 Å². The monoisotopic (exact) mass is 457 g/mol. The summed E-state index contributed by atoms with van der Waals surface area (Å²) < 4.78 is 11.1. The van der Waals surface area contributed by atoms with Gasteiger partial charge in [-0.25, -0.2) is 0 Å². The lowest BCUT2D eigenvalue weighted by atomic mass is 9.95. The van der Waals surface area contributed by atoms with Gasteiger partial charge in [0.05, 0.1) is 29.9 Å². The van der Waals surface area contributed by atoms with Gasteiger partial charge in [-0.3, -0.25) is 9.59 Å². The lowest BCUT2D eigenvalue weighted by Crippen LogP contribution is -2.30. The van der Waals surface area contributed by atoms with E-state index in [4.69, 9.17) is 21.1 Å². The Morgan fingerprint density at radius 2 is 1.81 bits per heavy atom. The summed E-state index contributed by atoms with van der Waals surface area (Å²) in [4.78, 5) is 27.5. The van der Waals surface area contributed by atoms with Crippen LogP contribution < -0.4 is 9.47 Å². The molecule has 1 N–H and O–H groups in total. The minimum absolute atomic E-state index is 0.0459. The Morgan fingerprint density at radius 1 is 1.06 bits per heavy atom. The summed E-state index contributed by atoms with van der Waals surface area (Å²) in [5.74, 6) is -0.555. The molecule has 0 spiro atoms. The molecule has 0 aliphatic carbocycles. The number of amides is 1. The van der Waals surface area contributed by atoms with Gasteiger partial charge in [0.1, 0.15) is 17.3 Å². The predicted octanol–water partition coefficient (Wildman–Crippen LogP) is 5.36. The zero-order valence-corrected chi connectivity index (χ0v) is 19.3. The Kier molecular flexibility index (Phi) is 7.80. The Hall–Kier alpha value is -2.99. The lowest BCUT2D eigenvalue weighted by Gasteiger charge is -2.25. The van der Waals surface area contributed by atoms with E-state index in [0.717, 1.165) is 12.8 Å². The van der Waals surface area contributed by atoms with E-state index in [2.05, 4.69) is 0 Å². The molecule has 7 heteroatoms. The van der Waals surface area contributed by atoms with E-state index >= 15 is 0 Å². The van der Waals surface area contributed by atoms with Crippen molar-refractivity contribution in [1.29, 1.82) is 0 Å². The standard InChI is InChI=1S/C25H28ClNO5/c1-4-7-13-27-22(16-9-8-10-18(14-16)31-5-2)21(24(29)25(27)30)23(28)17-11-12-19(26)20(15-17)32-6-3/h8-12,14-15,22,28H,4-7,13H2,1-3H3/b23-21-. The van der Waals surface area contributed by atoms with E-state index in [1.54, 1.807) is 24.3 Å². The maximum Gasteiger partial charge on any atom is 0.295 e. The summed E-state index contributed by atoms with van der Waals surface area (Å²) >= 11 is 6.18. The zero-order valence-electron chi connectivity index (χ0n) is 18.6. The van der Waals surface area contributed by atoms with Gasteiger partial charge >= 0.3 is 0 Å². The van der Waals surface area contributed by atoms with Gasteiger partial charge in [-0.05, 0) is 56.2 Å². The highest BCUT2D eigenvalue weighted by atomic mass is 35.5. The summed E-state index contributed by atoms with van der Waals surface area (Å²) in [6.07, 6.45) is 1.60. The number of carbonyl (C=O) groups is 2. The fraction of sp³-hybridized carbons (Fsp3) is 0.360. The topological polar surface area (TPSA) is 76.1 Å². The number of halogens is 1. The van der Waals surface area contributed by atoms with Crippen molar-refractivity contribution in [3.8, 4) is 11.5 Å². The molecule has 1 aliphatic rings. The normalized spacial score (nSPS) is 17.6. The van der Waals surface area contributed by atoms with Gasteiger partial charge in [0.15, 0.2) is 0 Å². The second kappa shape index (κ2) is 10.6. The average Bonchev–Trinajstić information content (AvgIpc) is 3.04. The van der Waals surface area contributed by atoms with Crippen LogP contribution in [0.4, 0.5) is 0 Å². The third-order valence-electron chi connectivity index (χ3n) is 5.28. The van der Waals surface area contributed by atoms with Crippen molar-refractivity contribution in [2.75, 3.05) is 19.8 Å². The van der Waals surface area contributed by atoms with Crippen molar-refractivity contribution in [3.63, 3.8) is 0 Å². The molecule has 1 amide bonds. The minimum atomic E-state index is -0.715. The largest absolute Gasteiger partial charge is 0.507 e. The third kappa shape index (κ3) is 4.75. The first-order chi connectivity index (χ1) is 15.4. The molecule has 1 aliphatic heterocycles. The van der Waals surface area contributed by atoms with Gasteiger partial charge in [0.2, 0.25) is 0 Å². The Bertz CT molecular complexity index is 1030. The number of Topliss-reactive ketones (excluding diaryl/α,β-unsaturated/α-hetero) is 1. The molecule has 32 heavy (non-hydrogen) atoms. The molecule has 1 unspecified atom stereocenters. The molecule has 1 atom stereocenters. The minimum Gasteiger partial charge on any atom is -0.507 e. The highest BCUT2D eigenvalue weighted by Gasteiger charge is 2.45. The van der Waals surface area contributed by atoms with E-state index in [-0.39, 0.29) is 11.3 Å². The van der Waals surface area contributed by atoms with Crippen LogP contribution in [0.5, 0.6) is 11.5 Å². The van der Waals surface area contributed by atoms with E-state index in [9.17, 15) is 14.7 Å². The Morgan fingerprint density at radius 3 is 2.50 bits per heavy atom. The van der Waals surface area contributed by atoms with Crippen molar-refractivity contribution >= 4 is 29.1 Å². The summed E-state index contributed by atoms with van der Waals surface area (Å²) in [5.41, 5.74) is 1.11. The first-order valence-corrected chi connectivity index (χ1v) is 11.2. The van der Waals surface area contributed by atoms with Crippen LogP contribution in [0.25, 0.3) is 5.76 Å². The van der Waals surface area contributed by atoms with Crippen molar-refractivity contribution < 1.29 is 24.2 Å². The molecule has 0 radical (unpaired) electrons. The number of likely N-dealkylation sites (tertiary alicyclic amines) is 1. The number of hydrogen-bond donors (Lipinski definition) is 1. The van der Waals surface area contributed by atoms with Gasteiger partial charge < -0.3 is 19.5 Å². The van der Waals surface area contributed by atoms with Crippen molar-refractivity contribution in [1.82, 2.24) is 4.90 Å². The summed E-state index contributed by atoms with van der Waals surface area (Å²) in [6.45, 7) is 7.03. The smallest absolute Gasteiger partial charge is 0.295 e. The van der Waals surface area contributed by atoms with Crippen LogP contribution in [0, 0.1) is 0 Å². The maximum atomic E-state index is 13.1. The number of unbranched alkanes of at least 4 members (excludes halogenated alkanes) is 1. The van der Waals surface area contributed by atoms with Gasteiger partial charge in [-0.15, -0.1) is 0 Å². The quantitative estimate of drug-likeness (QED) is 0.311. The SMILES string of the molecule is CCCCN1C(=O)C(=O)/C(=C(\O)c2ccc(Cl)c(OCC)c2)C1c1cccc(OCC)c1. The molecular weight excluding hydrogens is 430 g/mol. The molecule has 2 aromatic carbocycles. The molecule has 170 valence electrons. The highest BCUT2D eigenvalue weighted by Crippen LogP contribution is 2.41. The van der Waals surface area contributed by atoms with Crippen LogP contribution in [-0.4, -0.2) is 41.5 Å². The number of carbonyl (C=O) groups excluding carboxylic acids is 2. The third-order valence-corrected chi connectivity index (χ3v) is 5.59. The molecule has 6 nitrogen and oxygen atoms in total. The van der Waals surface area contributed by atoms with Crippen LogP contribution in [0.1, 0.15) is 50.8 Å². The number of ether oxygens (including phenoxy) is 2. The molecular formula is C25H28ClNO5. The van der Waals surface area contributed by atoms with Gasteiger partial charge in [-0.1, -0.05) is 37.1 Å². The molecule has 1 fully saturated rings. The summed E-state index contributed by atoms with van der Waals surface area (Å²) in [6, 6.07) is 11.3. The molecule has 1 saturated heterocycles. The second-order valence-electron chi connectivity index (χ2n) is 7.43. The number of benzene rings is 2. The van der Waals surface area contributed by atoms with Crippen molar-refractivity contribution in [2.45, 2.75) is 39.7 Å². The average molecular weight is 458 g/mol. The Labute approximate surface area is 193 Å². The van der Waals surface area contributed by atoms with Crippen molar-refractivity contribution in [3.05, 3.63) is 64.2 Å². The van der Waals surface area contributed by atoms with Crippen LogP contribution in [-0.2, 0) is 9.59 Å². The van der Waals surface area contributed by atoms with Gasteiger partial charge in [0.25, 0.3) is 11.7 Å². The fourth-order valence-corrected chi connectivity index (χ4v) is 3.97. The first-order valence-electron chi connectivity index (χ1n) is 10.9. The van der Waals surface area contributed by atoms with Crippen LogP contribution >= 0.6 is 11.6 Å². The summed E-state index contributed by atoms with van der Waals surface area (Å²) in [5, 5.41) is 11.6. The maximum absolute atomic E-state index is 13.1. The number of nitrogens with zero attached hydrogens (tertiary/aromatic N) is 1. The predicted molar refractivity (Wildman–Crippen MR) is 124 cm³/mol. The molecule has 2 aromatic rings. The van der Waals surface area contributed by atoms with E-state index in [1.807, 2.05) is 39.0 Å². The molecule has 0 saturated carbocycles. The molecule has 3 rings (SSSR count). The first kappa shape index (κ1) is 23.7. The fourth-order valence-electron chi connectivity index (χ4n) is 3.80. The number of hydrogen-bond acceptors (Lipinski definition) is 5. The number of rotatable bonds is 9. The highest BCUT2D eigenvalue weighted by molar-refractivity contribution is 6.46.